The lowest BCUT2D eigenvalue weighted by molar-refractivity contribution is -0.113. The van der Waals surface area contributed by atoms with Crippen LogP contribution in [0.1, 0.15) is 0 Å². The molecule has 1 amide bonds. The van der Waals surface area contributed by atoms with Crippen LogP contribution >= 0.6 is 23.5 Å². The van der Waals surface area contributed by atoms with Gasteiger partial charge in [-0.15, -0.1) is 0 Å². The lowest BCUT2D eigenvalue weighted by Crippen LogP contribution is -2.14. The van der Waals surface area contributed by atoms with Gasteiger partial charge in [-0.3, -0.25) is 4.79 Å². The van der Waals surface area contributed by atoms with Crippen LogP contribution in [0.15, 0.2) is 53.8 Å². The molecule has 4 rings (SSSR count). The zero-order valence-electron chi connectivity index (χ0n) is 12.3. The maximum atomic E-state index is 12.2. The van der Waals surface area contributed by atoms with Crippen LogP contribution in [0.5, 0.6) is 0 Å². The van der Waals surface area contributed by atoms with Crippen molar-refractivity contribution >= 4 is 57.0 Å². The number of carbonyl (C=O) groups is 1. The Hall–Kier alpha value is -2.58. The smallest absolute Gasteiger partial charge is 0.234 e. The van der Waals surface area contributed by atoms with Gasteiger partial charge in [-0.2, -0.15) is 8.75 Å². The number of amides is 1. The number of aromatic nitrogens is 4. The molecule has 0 aliphatic rings. The Labute approximate surface area is 145 Å². The third-order valence-corrected chi connectivity index (χ3v) is 4.95. The number of hydrogen-bond donors (Lipinski definition) is 1. The Morgan fingerprint density at radius 2 is 1.92 bits per heavy atom. The fraction of sp³-hybridized carbons (Fsp3) is 0.0625. The summed E-state index contributed by atoms with van der Waals surface area (Å²) in [4.78, 5) is 20.7. The number of nitrogens with one attached hydrogen (secondary N) is 1. The number of thioether (sulfide) groups is 1. The first kappa shape index (κ1) is 15.0. The third kappa shape index (κ3) is 3.06. The molecule has 2 aromatic heterocycles. The summed E-state index contributed by atoms with van der Waals surface area (Å²) in [6, 6.07) is 13.2. The molecule has 0 saturated carbocycles. The molecule has 8 heteroatoms. The zero-order chi connectivity index (χ0) is 16.4. The molecule has 0 atom stereocenters. The molecule has 0 bridgehead atoms. The van der Waals surface area contributed by atoms with Crippen LogP contribution in [0, 0.1) is 0 Å². The third-order valence-electron chi connectivity index (χ3n) is 3.38. The Balaban J connectivity index is 1.46. The molecule has 6 nitrogen and oxygen atoms in total. The van der Waals surface area contributed by atoms with Crippen molar-refractivity contribution in [1.82, 2.24) is 18.7 Å². The maximum absolute atomic E-state index is 12.2. The molecule has 4 aromatic rings. The van der Waals surface area contributed by atoms with Crippen LogP contribution in [0.25, 0.3) is 21.9 Å². The first-order valence-corrected chi connectivity index (χ1v) is 8.86. The molecular weight excluding hydrogens is 342 g/mol. The lowest BCUT2D eigenvalue weighted by atomic mass is 10.2. The second kappa shape index (κ2) is 6.50. The maximum Gasteiger partial charge on any atom is 0.234 e. The second-order valence-electron chi connectivity index (χ2n) is 5.00. The van der Waals surface area contributed by atoms with Crippen molar-refractivity contribution in [2.45, 2.75) is 5.03 Å². The van der Waals surface area contributed by atoms with E-state index in [0.29, 0.717) is 5.69 Å². The molecule has 0 aliphatic heterocycles. The highest BCUT2D eigenvalue weighted by Crippen LogP contribution is 2.24. The van der Waals surface area contributed by atoms with Gasteiger partial charge in [-0.1, -0.05) is 30.0 Å². The molecule has 0 unspecified atom stereocenters. The first-order valence-electron chi connectivity index (χ1n) is 7.14. The van der Waals surface area contributed by atoms with Crippen molar-refractivity contribution in [3.63, 3.8) is 0 Å². The molecule has 24 heavy (non-hydrogen) atoms. The lowest BCUT2D eigenvalue weighted by Gasteiger charge is -2.06. The number of hydrogen-bond acceptors (Lipinski definition) is 7. The number of carbonyl (C=O) groups excluding carboxylic acids is 1. The van der Waals surface area contributed by atoms with Gasteiger partial charge in [0.2, 0.25) is 5.91 Å². The average molecular weight is 353 g/mol. The summed E-state index contributed by atoms with van der Waals surface area (Å²) in [5.74, 6) is 0.180. The number of benzene rings is 2. The van der Waals surface area contributed by atoms with Crippen LogP contribution in [-0.2, 0) is 4.79 Å². The SMILES string of the molecule is O=C(CSc1ncnc2ccccc12)Nc1ccc2nsnc2c1. The van der Waals surface area contributed by atoms with E-state index >= 15 is 0 Å². The highest BCUT2D eigenvalue weighted by Gasteiger charge is 2.09. The van der Waals surface area contributed by atoms with Gasteiger partial charge >= 0.3 is 0 Å². The van der Waals surface area contributed by atoms with E-state index in [2.05, 4.69) is 24.0 Å². The van der Waals surface area contributed by atoms with Crippen LogP contribution in [0.2, 0.25) is 0 Å². The summed E-state index contributed by atoms with van der Waals surface area (Å²) in [6.07, 6.45) is 1.52. The summed E-state index contributed by atoms with van der Waals surface area (Å²) in [6.45, 7) is 0. The van der Waals surface area contributed by atoms with Crippen molar-refractivity contribution in [3.8, 4) is 0 Å². The highest BCUT2D eigenvalue weighted by atomic mass is 32.2. The predicted octanol–water partition coefficient (Wildman–Crippen LogP) is 3.37. The summed E-state index contributed by atoms with van der Waals surface area (Å²) in [5.41, 5.74) is 3.21. The predicted molar refractivity (Wildman–Crippen MR) is 96.3 cm³/mol. The fourth-order valence-electron chi connectivity index (χ4n) is 2.29. The van der Waals surface area contributed by atoms with Crippen LogP contribution in [0.3, 0.4) is 0 Å². The average Bonchev–Trinajstić information content (AvgIpc) is 3.07. The molecule has 1 N–H and O–H groups in total. The molecule has 0 fully saturated rings. The van der Waals surface area contributed by atoms with E-state index in [-0.39, 0.29) is 11.7 Å². The number of rotatable bonds is 4. The quantitative estimate of drug-likeness (QED) is 0.447. The topological polar surface area (TPSA) is 80.7 Å². The molecule has 0 spiro atoms. The molecule has 2 heterocycles. The minimum absolute atomic E-state index is 0.0924. The van der Waals surface area contributed by atoms with E-state index in [0.717, 1.165) is 38.7 Å². The monoisotopic (exact) mass is 353 g/mol. The molecule has 2 aromatic carbocycles. The molecular formula is C16H11N5OS2. The van der Waals surface area contributed by atoms with Crippen molar-refractivity contribution in [2.24, 2.45) is 0 Å². The van der Waals surface area contributed by atoms with E-state index in [1.54, 1.807) is 0 Å². The molecule has 0 saturated heterocycles. The molecule has 0 radical (unpaired) electrons. The van der Waals surface area contributed by atoms with Gasteiger partial charge in [-0.05, 0) is 24.3 Å². The van der Waals surface area contributed by atoms with Gasteiger partial charge in [0.25, 0.3) is 0 Å². The normalized spacial score (nSPS) is 11.0. The Morgan fingerprint density at radius 3 is 2.88 bits per heavy atom. The van der Waals surface area contributed by atoms with Crippen LogP contribution in [-0.4, -0.2) is 30.4 Å². The van der Waals surface area contributed by atoms with E-state index in [1.165, 1.54) is 18.1 Å². The summed E-state index contributed by atoms with van der Waals surface area (Å²) in [7, 11) is 0. The number of fused-ring (bicyclic) bond motifs is 2. The Kier molecular flexibility index (Phi) is 4.06. The van der Waals surface area contributed by atoms with Gasteiger partial charge < -0.3 is 5.32 Å². The standard InChI is InChI=1S/C16H11N5OS2/c22-15(19-10-5-6-13-14(7-10)21-24-20-13)8-23-16-11-3-1-2-4-12(11)17-9-18-16/h1-7,9H,8H2,(H,19,22). The Morgan fingerprint density at radius 1 is 1.04 bits per heavy atom. The van der Waals surface area contributed by atoms with Gasteiger partial charge in [0.05, 0.1) is 23.0 Å². The highest BCUT2D eigenvalue weighted by molar-refractivity contribution is 8.00. The number of anilines is 1. The van der Waals surface area contributed by atoms with E-state index in [4.69, 9.17) is 0 Å². The van der Waals surface area contributed by atoms with Crippen molar-refractivity contribution in [3.05, 3.63) is 48.8 Å². The summed E-state index contributed by atoms with van der Waals surface area (Å²) >= 11 is 2.55. The van der Waals surface area contributed by atoms with E-state index in [9.17, 15) is 4.79 Å². The van der Waals surface area contributed by atoms with Gasteiger partial charge in [0.1, 0.15) is 22.4 Å². The number of para-hydroxylation sites is 1. The van der Waals surface area contributed by atoms with E-state index in [1.807, 2.05) is 42.5 Å². The summed E-state index contributed by atoms with van der Waals surface area (Å²) in [5, 5.41) is 4.63. The van der Waals surface area contributed by atoms with E-state index < -0.39 is 0 Å². The van der Waals surface area contributed by atoms with Gasteiger partial charge in [0, 0.05) is 11.1 Å². The minimum Gasteiger partial charge on any atom is -0.325 e. The number of nitrogens with zero attached hydrogens (tertiary/aromatic N) is 4. The minimum atomic E-state index is -0.0924. The van der Waals surface area contributed by atoms with Crippen LogP contribution < -0.4 is 5.32 Å². The zero-order valence-corrected chi connectivity index (χ0v) is 14.0. The fourth-order valence-corrected chi connectivity index (χ4v) is 3.59. The molecule has 0 aliphatic carbocycles. The van der Waals surface area contributed by atoms with Crippen molar-refractivity contribution in [2.75, 3.05) is 11.1 Å². The Bertz CT molecular complexity index is 1030. The largest absolute Gasteiger partial charge is 0.325 e. The summed E-state index contributed by atoms with van der Waals surface area (Å²) < 4.78 is 8.31. The van der Waals surface area contributed by atoms with Gasteiger partial charge in [0.15, 0.2) is 0 Å². The van der Waals surface area contributed by atoms with Crippen molar-refractivity contribution < 1.29 is 4.79 Å². The first-order chi connectivity index (χ1) is 11.8. The molecule has 118 valence electrons. The second-order valence-corrected chi connectivity index (χ2v) is 6.49. The van der Waals surface area contributed by atoms with Crippen LogP contribution in [0.4, 0.5) is 5.69 Å². The van der Waals surface area contributed by atoms with Gasteiger partial charge in [-0.25, -0.2) is 9.97 Å². The van der Waals surface area contributed by atoms with Crippen molar-refractivity contribution in [1.29, 1.82) is 0 Å².